The summed E-state index contributed by atoms with van der Waals surface area (Å²) in [6.07, 6.45) is -0.160. The van der Waals surface area contributed by atoms with Crippen molar-refractivity contribution in [3.05, 3.63) is 11.7 Å². The van der Waals surface area contributed by atoms with Gasteiger partial charge in [0.25, 0.3) is 0 Å². The van der Waals surface area contributed by atoms with E-state index in [2.05, 4.69) is 34.2 Å². The molecule has 142 valence electrons. The molecule has 1 amide bonds. The standard InChI is InChI=1S/C17H30N4O4/c1-11-8-21(9-12(2)23-11)10-13-18-14(20-25-13)17(6,7)19-15(22)24-16(3,4)5/h11-12H,8-10H2,1-7H3,(H,19,22). The predicted octanol–water partition coefficient (Wildman–Crippen LogP) is 2.44. The van der Waals surface area contributed by atoms with Crippen LogP contribution < -0.4 is 5.32 Å². The van der Waals surface area contributed by atoms with E-state index in [1.54, 1.807) is 0 Å². The third kappa shape index (κ3) is 5.97. The maximum Gasteiger partial charge on any atom is 0.408 e. The van der Waals surface area contributed by atoms with Gasteiger partial charge in [-0.2, -0.15) is 4.98 Å². The van der Waals surface area contributed by atoms with Crippen LogP contribution in [0.3, 0.4) is 0 Å². The molecule has 1 aromatic heterocycles. The number of morpholine rings is 1. The van der Waals surface area contributed by atoms with Crippen molar-refractivity contribution in [3.8, 4) is 0 Å². The number of aromatic nitrogens is 2. The Labute approximate surface area is 149 Å². The van der Waals surface area contributed by atoms with Crippen molar-refractivity contribution in [2.75, 3.05) is 13.1 Å². The van der Waals surface area contributed by atoms with E-state index in [0.717, 1.165) is 13.1 Å². The number of amides is 1. The van der Waals surface area contributed by atoms with Gasteiger partial charge in [-0.15, -0.1) is 0 Å². The van der Waals surface area contributed by atoms with E-state index >= 15 is 0 Å². The molecule has 1 aromatic rings. The van der Waals surface area contributed by atoms with E-state index in [-0.39, 0.29) is 12.2 Å². The number of carbonyl (C=O) groups excluding carboxylic acids is 1. The average molecular weight is 354 g/mol. The molecule has 1 saturated heterocycles. The summed E-state index contributed by atoms with van der Waals surface area (Å²) in [5, 5.41) is 6.81. The highest BCUT2D eigenvalue weighted by molar-refractivity contribution is 5.68. The van der Waals surface area contributed by atoms with Crippen molar-refractivity contribution in [1.29, 1.82) is 0 Å². The third-order valence-electron chi connectivity index (χ3n) is 3.69. The van der Waals surface area contributed by atoms with E-state index in [9.17, 15) is 4.79 Å². The van der Waals surface area contributed by atoms with Gasteiger partial charge in [-0.3, -0.25) is 4.90 Å². The molecule has 2 atom stereocenters. The first-order valence-electron chi connectivity index (χ1n) is 8.66. The average Bonchev–Trinajstić information content (AvgIpc) is 2.83. The van der Waals surface area contributed by atoms with Gasteiger partial charge in [-0.25, -0.2) is 4.79 Å². The first-order valence-corrected chi connectivity index (χ1v) is 8.66. The van der Waals surface area contributed by atoms with Gasteiger partial charge in [0.05, 0.1) is 18.8 Å². The van der Waals surface area contributed by atoms with Crippen LogP contribution in [0.1, 0.15) is 60.2 Å². The summed E-state index contributed by atoms with van der Waals surface area (Å²) >= 11 is 0. The van der Waals surface area contributed by atoms with Crippen LogP contribution >= 0.6 is 0 Å². The van der Waals surface area contributed by atoms with Crippen LogP contribution in [0, 0.1) is 0 Å². The van der Waals surface area contributed by atoms with Gasteiger partial charge in [0.2, 0.25) is 5.89 Å². The molecule has 2 rings (SSSR count). The lowest BCUT2D eigenvalue weighted by atomic mass is 10.1. The van der Waals surface area contributed by atoms with Crippen LogP contribution in [0.5, 0.6) is 0 Å². The maximum absolute atomic E-state index is 12.0. The third-order valence-corrected chi connectivity index (χ3v) is 3.69. The smallest absolute Gasteiger partial charge is 0.408 e. The molecular weight excluding hydrogens is 324 g/mol. The molecule has 0 spiro atoms. The number of carbonyl (C=O) groups is 1. The molecule has 2 unspecified atom stereocenters. The van der Waals surface area contributed by atoms with Crippen molar-refractivity contribution in [3.63, 3.8) is 0 Å². The first kappa shape index (κ1) is 19.7. The zero-order valence-electron chi connectivity index (χ0n) is 16.3. The van der Waals surface area contributed by atoms with Gasteiger partial charge >= 0.3 is 6.09 Å². The Balaban J connectivity index is 1.98. The van der Waals surface area contributed by atoms with Crippen molar-refractivity contribution < 1.29 is 18.8 Å². The minimum Gasteiger partial charge on any atom is -0.444 e. The summed E-state index contributed by atoms with van der Waals surface area (Å²) in [4.78, 5) is 18.7. The lowest BCUT2D eigenvalue weighted by molar-refractivity contribution is -0.0725. The molecule has 1 aliphatic heterocycles. The summed E-state index contributed by atoms with van der Waals surface area (Å²) < 4.78 is 16.4. The van der Waals surface area contributed by atoms with Crippen molar-refractivity contribution in [2.24, 2.45) is 0 Å². The summed E-state index contributed by atoms with van der Waals surface area (Å²) in [5.74, 6) is 0.943. The summed E-state index contributed by atoms with van der Waals surface area (Å²) in [6, 6.07) is 0. The molecule has 0 bridgehead atoms. The lowest BCUT2D eigenvalue weighted by Crippen LogP contribution is -2.45. The van der Waals surface area contributed by atoms with Crippen LogP contribution in [-0.2, 0) is 21.6 Å². The Morgan fingerprint density at radius 1 is 1.24 bits per heavy atom. The number of nitrogens with zero attached hydrogens (tertiary/aromatic N) is 3. The highest BCUT2D eigenvalue weighted by Crippen LogP contribution is 2.19. The molecule has 8 nitrogen and oxygen atoms in total. The Morgan fingerprint density at radius 3 is 2.40 bits per heavy atom. The lowest BCUT2D eigenvalue weighted by Gasteiger charge is -2.34. The van der Waals surface area contributed by atoms with Gasteiger partial charge in [0.15, 0.2) is 5.82 Å². The Bertz CT molecular complexity index is 584. The fourth-order valence-corrected chi connectivity index (χ4v) is 2.79. The molecule has 25 heavy (non-hydrogen) atoms. The van der Waals surface area contributed by atoms with E-state index in [0.29, 0.717) is 18.3 Å². The zero-order chi connectivity index (χ0) is 18.8. The summed E-state index contributed by atoms with van der Waals surface area (Å²) in [6.45, 7) is 15.4. The molecule has 0 saturated carbocycles. The minimum absolute atomic E-state index is 0.177. The number of hydrogen-bond donors (Lipinski definition) is 1. The molecule has 8 heteroatoms. The van der Waals surface area contributed by atoms with Crippen molar-refractivity contribution in [1.82, 2.24) is 20.4 Å². The Kier molecular flexibility index (Phi) is 5.73. The topological polar surface area (TPSA) is 89.7 Å². The van der Waals surface area contributed by atoms with E-state index in [1.807, 2.05) is 34.6 Å². The molecule has 1 aliphatic rings. The fourth-order valence-electron chi connectivity index (χ4n) is 2.79. The van der Waals surface area contributed by atoms with Crippen molar-refractivity contribution in [2.45, 2.75) is 78.4 Å². The minimum atomic E-state index is -0.796. The van der Waals surface area contributed by atoms with Crippen LogP contribution in [0.25, 0.3) is 0 Å². The molecule has 1 N–H and O–H groups in total. The molecular formula is C17H30N4O4. The van der Waals surface area contributed by atoms with E-state index < -0.39 is 17.2 Å². The summed E-state index contributed by atoms with van der Waals surface area (Å²) in [7, 11) is 0. The summed E-state index contributed by atoms with van der Waals surface area (Å²) in [5.41, 5.74) is -1.36. The molecule has 0 aromatic carbocycles. The second-order valence-corrected chi connectivity index (χ2v) is 8.22. The SMILES string of the molecule is CC1CN(Cc2nc(C(C)(C)NC(=O)OC(C)(C)C)no2)CC(C)O1. The van der Waals surface area contributed by atoms with Gasteiger partial charge in [-0.05, 0) is 48.5 Å². The van der Waals surface area contributed by atoms with Crippen molar-refractivity contribution >= 4 is 6.09 Å². The monoisotopic (exact) mass is 354 g/mol. The first-order chi connectivity index (χ1) is 11.4. The van der Waals surface area contributed by atoms with Crippen LogP contribution in [-0.4, -0.2) is 52.0 Å². The fraction of sp³-hybridized carbons (Fsp3) is 0.824. The van der Waals surface area contributed by atoms with Gasteiger partial charge in [0.1, 0.15) is 11.1 Å². The highest BCUT2D eigenvalue weighted by atomic mass is 16.6. The predicted molar refractivity (Wildman–Crippen MR) is 92.0 cm³/mol. The van der Waals surface area contributed by atoms with Crippen LogP contribution in [0.4, 0.5) is 4.79 Å². The van der Waals surface area contributed by atoms with Gasteiger partial charge in [-0.1, -0.05) is 5.16 Å². The number of nitrogens with one attached hydrogen (secondary N) is 1. The maximum atomic E-state index is 12.0. The molecule has 0 radical (unpaired) electrons. The number of ether oxygens (including phenoxy) is 2. The number of alkyl carbamates (subject to hydrolysis) is 1. The quantitative estimate of drug-likeness (QED) is 0.888. The van der Waals surface area contributed by atoms with Gasteiger partial charge < -0.3 is 19.3 Å². The number of hydrogen-bond acceptors (Lipinski definition) is 7. The largest absolute Gasteiger partial charge is 0.444 e. The molecule has 0 aliphatic carbocycles. The van der Waals surface area contributed by atoms with E-state index in [1.165, 1.54) is 0 Å². The second kappa shape index (κ2) is 7.29. The highest BCUT2D eigenvalue weighted by Gasteiger charge is 2.31. The second-order valence-electron chi connectivity index (χ2n) is 8.22. The normalized spacial score (nSPS) is 22.7. The van der Waals surface area contributed by atoms with Crippen LogP contribution in [0.15, 0.2) is 4.52 Å². The van der Waals surface area contributed by atoms with E-state index in [4.69, 9.17) is 14.0 Å². The number of rotatable bonds is 4. The zero-order valence-corrected chi connectivity index (χ0v) is 16.3. The molecule has 2 heterocycles. The Morgan fingerprint density at radius 2 is 1.84 bits per heavy atom. The Hall–Kier alpha value is -1.67. The van der Waals surface area contributed by atoms with Gasteiger partial charge in [0, 0.05) is 13.1 Å². The molecule has 1 fully saturated rings. The van der Waals surface area contributed by atoms with Crippen LogP contribution in [0.2, 0.25) is 0 Å².